The van der Waals surface area contributed by atoms with E-state index in [2.05, 4.69) is 11.8 Å². The summed E-state index contributed by atoms with van der Waals surface area (Å²) in [5.41, 5.74) is 1.95. The molecule has 0 spiro atoms. The van der Waals surface area contributed by atoms with Gasteiger partial charge in [-0.05, 0) is 19.4 Å². The minimum atomic E-state index is 0.425. The molecule has 1 aliphatic heterocycles. The number of morpholine rings is 1. The molecular weight excluding hydrogens is 202 g/mol. The molecule has 0 aromatic heterocycles. The van der Waals surface area contributed by atoms with Gasteiger partial charge in [-0.3, -0.25) is 4.90 Å². The Morgan fingerprint density at radius 1 is 1.50 bits per heavy atom. The van der Waals surface area contributed by atoms with Crippen LogP contribution in [0.3, 0.4) is 0 Å². The van der Waals surface area contributed by atoms with E-state index >= 15 is 0 Å². The zero-order chi connectivity index (χ0) is 11.5. The van der Waals surface area contributed by atoms with Crippen LogP contribution in [0.5, 0.6) is 5.75 Å². The summed E-state index contributed by atoms with van der Waals surface area (Å²) >= 11 is 0. The maximum atomic E-state index is 9.96. The van der Waals surface area contributed by atoms with E-state index < -0.39 is 0 Å². The van der Waals surface area contributed by atoms with Gasteiger partial charge in [-0.15, -0.1) is 0 Å². The second-order valence-corrected chi connectivity index (χ2v) is 4.48. The van der Waals surface area contributed by atoms with Crippen molar-refractivity contribution in [3.05, 3.63) is 29.3 Å². The van der Waals surface area contributed by atoms with Crippen molar-refractivity contribution in [3.8, 4) is 5.75 Å². The van der Waals surface area contributed by atoms with Crippen molar-refractivity contribution < 1.29 is 9.84 Å². The van der Waals surface area contributed by atoms with Gasteiger partial charge < -0.3 is 9.84 Å². The topological polar surface area (TPSA) is 32.7 Å². The number of phenols is 1. The molecule has 88 valence electrons. The standard InChI is InChI=1S/C13H19NO2/c1-10-4-3-5-12(13(10)15)8-14-6-7-16-9-11(14)2/h3-5,11,15H,6-9H2,1-2H3. The molecule has 2 rings (SSSR count). The van der Waals surface area contributed by atoms with Gasteiger partial charge >= 0.3 is 0 Å². The second kappa shape index (κ2) is 4.85. The Bertz CT molecular complexity index is 365. The van der Waals surface area contributed by atoms with Crippen LogP contribution in [0.1, 0.15) is 18.1 Å². The summed E-state index contributed by atoms with van der Waals surface area (Å²) in [5, 5.41) is 9.96. The number of aryl methyl sites for hydroxylation is 1. The highest BCUT2D eigenvalue weighted by molar-refractivity contribution is 5.39. The summed E-state index contributed by atoms with van der Waals surface area (Å²) in [4.78, 5) is 2.35. The number of ether oxygens (including phenoxy) is 1. The van der Waals surface area contributed by atoms with Gasteiger partial charge in [-0.1, -0.05) is 18.2 Å². The number of para-hydroxylation sites is 1. The van der Waals surface area contributed by atoms with E-state index in [1.54, 1.807) is 0 Å². The molecule has 1 aromatic rings. The number of rotatable bonds is 2. The molecular formula is C13H19NO2. The minimum absolute atomic E-state index is 0.425. The molecule has 1 aliphatic rings. The van der Waals surface area contributed by atoms with Gasteiger partial charge in [0.05, 0.1) is 13.2 Å². The largest absolute Gasteiger partial charge is 0.507 e. The lowest BCUT2D eigenvalue weighted by molar-refractivity contribution is -0.00464. The maximum absolute atomic E-state index is 9.96. The molecule has 1 aromatic carbocycles. The Morgan fingerprint density at radius 3 is 3.06 bits per heavy atom. The van der Waals surface area contributed by atoms with E-state index in [9.17, 15) is 5.11 Å². The highest BCUT2D eigenvalue weighted by atomic mass is 16.5. The normalized spacial score (nSPS) is 22.2. The fourth-order valence-electron chi connectivity index (χ4n) is 2.06. The average Bonchev–Trinajstić information content (AvgIpc) is 2.28. The van der Waals surface area contributed by atoms with Crippen LogP contribution in [-0.4, -0.2) is 35.8 Å². The van der Waals surface area contributed by atoms with Crippen LogP contribution in [-0.2, 0) is 11.3 Å². The van der Waals surface area contributed by atoms with Crippen molar-refractivity contribution >= 4 is 0 Å². The molecule has 1 fully saturated rings. The van der Waals surface area contributed by atoms with Crippen molar-refractivity contribution in [1.29, 1.82) is 0 Å². The number of phenolic OH excluding ortho intramolecular Hbond substituents is 1. The summed E-state index contributed by atoms with van der Waals surface area (Å²) < 4.78 is 5.40. The first kappa shape index (κ1) is 11.4. The third kappa shape index (κ3) is 2.36. The Morgan fingerprint density at radius 2 is 2.31 bits per heavy atom. The molecule has 1 heterocycles. The Kier molecular flexibility index (Phi) is 3.46. The molecule has 1 atom stereocenters. The van der Waals surface area contributed by atoms with E-state index in [0.29, 0.717) is 11.8 Å². The number of hydrogen-bond acceptors (Lipinski definition) is 3. The van der Waals surface area contributed by atoms with Crippen LogP contribution in [0.15, 0.2) is 18.2 Å². The van der Waals surface area contributed by atoms with Crippen molar-refractivity contribution in [1.82, 2.24) is 4.90 Å². The number of nitrogens with zero attached hydrogens (tertiary/aromatic N) is 1. The van der Waals surface area contributed by atoms with Gasteiger partial charge in [-0.2, -0.15) is 0 Å². The minimum Gasteiger partial charge on any atom is -0.507 e. The Hall–Kier alpha value is -1.06. The third-order valence-corrected chi connectivity index (χ3v) is 3.20. The fraction of sp³-hybridized carbons (Fsp3) is 0.538. The van der Waals surface area contributed by atoms with Gasteiger partial charge in [0.2, 0.25) is 0 Å². The highest BCUT2D eigenvalue weighted by Gasteiger charge is 2.19. The number of hydrogen-bond donors (Lipinski definition) is 1. The lowest BCUT2D eigenvalue weighted by Gasteiger charge is -2.33. The molecule has 0 saturated carbocycles. The van der Waals surface area contributed by atoms with Crippen molar-refractivity contribution in [2.45, 2.75) is 26.4 Å². The first-order chi connectivity index (χ1) is 7.68. The van der Waals surface area contributed by atoms with Gasteiger partial charge in [0, 0.05) is 24.7 Å². The van der Waals surface area contributed by atoms with E-state index in [1.165, 1.54) is 0 Å². The summed E-state index contributed by atoms with van der Waals surface area (Å²) in [6, 6.07) is 6.34. The molecule has 1 N–H and O–H groups in total. The van der Waals surface area contributed by atoms with Crippen LogP contribution in [0, 0.1) is 6.92 Å². The quantitative estimate of drug-likeness (QED) is 0.828. The zero-order valence-corrected chi connectivity index (χ0v) is 9.94. The molecule has 16 heavy (non-hydrogen) atoms. The van der Waals surface area contributed by atoms with Crippen LogP contribution in [0.2, 0.25) is 0 Å². The second-order valence-electron chi connectivity index (χ2n) is 4.48. The predicted octanol–water partition coefficient (Wildman–Crippen LogP) is 1.92. The summed E-state index contributed by atoms with van der Waals surface area (Å²) in [5.74, 6) is 0.432. The first-order valence-corrected chi connectivity index (χ1v) is 5.77. The maximum Gasteiger partial charge on any atom is 0.122 e. The van der Waals surface area contributed by atoms with Gasteiger partial charge in [0.25, 0.3) is 0 Å². The van der Waals surface area contributed by atoms with Crippen LogP contribution in [0.25, 0.3) is 0 Å². The molecule has 1 unspecified atom stereocenters. The lowest BCUT2D eigenvalue weighted by atomic mass is 10.1. The molecule has 0 bridgehead atoms. The molecule has 3 heteroatoms. The predicted molar refractivity (Wildman–Crippen MR) is 63.5 cm³/mol. The monoisotopic (exact) mass is 221 g/mol. The van der Waals surface area contributed by atoms with E-state index in [1.807, 2.05) is 25.1 Å². The summed E-state index contributed by atoms with van der Waals surface area (Å²) in [6.07, 6.45) is 0. The van der Waals surface area contributed by atoms with Gasteiger partial charge in [-0.25, -0.2) is 0 Å². The van der Waals surface area contributed by atoms with Crippen molar-refractivity contribution in [3.63, 3.8) is 0 Å². The van der Waals surface area contributed by atoms with E-state index in [-0.39, 0.29) is 0 Å². The molecule has 3 nitrogen and oxygen atoms in total. The lowest BCUT2D eigenvalue weighted by Crippen LogP contribution is -2.42. The Labute approximate surface area is 96.6 Å². The van der Waals surface area contributed by atoms with Crippen LogP contribution in [0.4, 0.5) is 0 Å². The Balaban J connectivity index is 2.10. The molecule has 0 radical (unpaired) electrons. The summed E-state index contributed by atoms with van der Waals surface area (Å²) in [7, 11) is 0. The smallest absolute Gasteiger partial charge is 0.122 e. The van der Waals surface area contributed by atoms with Crippen LogP contribution >= 0.6 is 0 Å². The van der Waals surface area contributed by atoms with Gasteiger partial charge in [0.1, 0.15) is 5.75 Å². The van der Waals surface area contributed by atoms with Crippen molar-refractivity contribution in [2.24, 2.45) is 0 Å². The zero-order valence-electron chi connectivity index (χ0n) is 9.94. The molecule has 0 aliphatic carbocycles. The first-order valence-electron chi connectivity index (χ1n) is 5.77. The highest BCUT2D eigenvalue weighted by Crippen LogP contribution is 2.24. The SMILES string of the molecule is Cc1cccc(CN2CCOCC2C)c1O. The number of aromatic hydroxyl groups is 1. The molecule has 1 saturated heterocycles. The third-order valence-electron chi connectivity index (χ3n) is 3.20. The van der Waals surface area contributed by atoms with Gasteiger partial charge in [0.15, 0.2) is 0 Å². The average molecular weight is 221 g/mol. The number of benzene rings is 1. The van der Waals surface area contributed by atoms with E-state index in [4.69, 9.17) is 4.74 Å². The van der Waals surface area contributed by atoms with Crippen LogP contribution < -0.4 is 0 Å². The molecule has 0 amide bonds. The van der Waals surface area contributed by atoms with Crippen molar-refractivity contribution in [2.75, 3.05) is 19.8 Å². The summed E-state index contributed by atoms with van der Waals surface area (Å²) in [6.45, 7) is 7.41. The fourth-order valence-corrected chi connectivity index (χ4v) is 2.06. The van der Waals surface area contributed by atoms with E-state index in [0.717, 1.165) is 37.4 Å².